The summed E-state index contributed by atoms with van der Waals surface area (Å²) in [4.78, 5) is 11.0. The summed E-state index contributed by atoms with van der Waals surface area (Å²) in [6.45, 7) is 9.13. The molecule has 0 N–H and O–H groups in total. The highest BCUT2D eigenvalue weighted by molar-refractivity contribution is 7.65. The lowest BCUT2D eigenvalue weighted by atomic mass is 9.91. The van der Waals surface area contributed by atoms with Crippen molar-refractivity contribution in [3.8, 4) is 0 Å². The lowest BCUT2D eigenvalue weighted by Crippen LogP contribution is -2.75. The quantitative estimate of drug-likeness (QED) is 0.0678. The Kier molecular flexibility index (Phi) is 15.4. The van der Waals surface area contributed by atoms with Gasteiger partial charge in [-0.05, 0) is 27.2 Å². The first-order valence-electron chi connectivity index (χ1n) is 11.4. The first-order chi connectivity index (χ1) is 19.2. The number of hydrogen-bond donors (Lipinski definition) is 0. The van der Waals surface area contributed by atoms with Gasteiger partial charge in [0.15, 0.2) is 0 Å². The first kappa shape index (κ1) is 45.8. The van der Waals surface area contributed by atoms with Crippen LogP contribution in [0.4, 0.5) is 74.6 Å². The van der Waals surface area contributed by atoms with Crippen LogP contribution in [0.1, 0.15) is 34.1 Å². The number of carbonyl (C=O) groups is 1. The van der Waals surface area contributed by atoms with Gasteiger partial charge in [0.25, 0.3) is 0 Å². The molecule has 0 aliphatic rings. The van der Waals surface area contributed by atoms with Crippen molar-refractivity contribution < 1.29 is 92.7 Å². The molecule has 0 aromatic heterocycles. The molecule has 26 heteroatoms. The maximum atomic E-state index is 13.2. The van der Waals surface area contributed by atoms with Crippen molar-refractivity contribution in [2.24, 2.45) is 0 Å². The largest absolute Gasteiger partial charge is 0.511 e. The van der Waals surface area contributed by atoms with Crippen LogP contribution < -0.4 is 0 Å². The molecule has 0 rings (SSSR count). The molecule has 44 heavy (non-hydrogen) atoms. The SMILES string of the molecule is CCO[Si](OCC)(OCC)C(C=O)CC.FC(F)(F)C(F)(F)C(F)(F)C(F)(F)C(F)(F)C(F)(F)C(F)(F)C(F)(F)[Si](Cl)(Cl)Cl. The second-order valence-corrected chi connectivity index (χ2v) is 19.4. The van der Waals surface area contributed by atoms with Gasteiger partial charge >= 0.3 is 62.1 Å². The summed E-state index contributed by atoms with van der Waals surface area (Å²) in [7, 11) is -2.79. The summed E-state index contributed by atoms with van der Waals surface area (Å²) in [6.07, 6.45) is -6.22. The Morgan fingerprint density at radius 1 is 0.545 bits per heavy atom. The Hall–Kier alpha value is -0.336. The molecular formula is C18H22Cl3F17O4Si2. The molecule has 0 amide bonds. The molecule has 0 fully saturated rings. The molecule has 0 aliphatic heterocycles. The van der Waals surface area contributed by atoms with Gasteiger partial charge in [0, 0.05) is 19.8 Å². The van der Waals surface area contributed by atoms with E-state index in [0.717, 1.165) is 6.29 Å². The Morgan fingerprint density at radius 3 is 1.02 bits per heavy atom. The second-order valence-electron chi connectivity index (χ2n) is 8.07. The zero-order chi connectivity index (χ0) is 36.2. The predicted molar refractivity (Wildman–Crippen MR) is 125 cm³/mol. The molecule has 266 valence electrons. The molecule has 0 aromatic carbocycles. The van der Waals surface area contributed by atoms with E-state index >= 15 is 0 Å². The lowest BCUT2D eigenvalue weighted by Gasteiger charge is -2.43. The fraction of sp³-hybridized carbons (Fsp3) is 0.944. The molecule has 0 bridgehead atoms. The topological polar surface area (TPSA) is 44.8 Å². The van der Waals surface area contributed by atoms with Crippen molar-refractivity contribution in [3.63, 3.8) is 0 Å². The standard InChI is InChI=1S/C10H22O4Si.C8Cl3F17Si/c1-5-10(9-11)15(12-6-2,13-7-3)14-8-4;9-29(10,11)8(27,28)6(22,23)4(18,19)2(14,15)1(12,13)3(16,17)5(20,21)7(24,25)26/h9-10H,5-8H2,1-4H3;. The number of rotatable bonds is 16. The number of alkyl halides is 17. The molecule has 0 saturated heterocycles. The van der Waals surface area contributed by atoms with Gasteiger partial charge in [0.05, 0.1) is 5.54 Å². The van der Waals surface area contributed by atoms with E-state index in [1.165, 1.54) is 0 Å². The molecule has 0 saturated carbocycles. The number of halogens is 20. The molecule has 4 nitrogen and oxygen atoms in total. The minimum atomic E-state index is -8.70. The molecule has 1 unspecified atom stereocenters. The molecule has 0 heterocycles. The smallest absolute Gasteiger partial charge is 0.373 e. The number of hydrogen-bond acceptors (Lipinski definition) is 4. The van der Waals surface area contributed by atoms with E-state index in [0.29, 0.717) is 26.2 Å². The highest BCUT2D eigenvalue weighted by atomic mass is 35.8. The van der Waals surface area contributed by atoms with Gasteiger partial charge in [-0.25, -0.2) is 0 Å². The van der Waals surface area contributed by atoms with Gasteiger partial charge < -0.3 is 18.1 Å². The van der Waals surface area contributed by atoms with Crippen LogP contribution in [-0.2, 0) is 18.1 Å². The van der Waals surface area contributed by atoms with E-state index in [1.807, 2.05) is 27.7 Å². The van der Waals surface area contributed by atoms with Crippen LogP contribution in [0.2, 0.25) is 5.54 Å². The van der Waals surface area contributed by atoms with Crippen LogP contribution in [-0.4, -0.2) is 88.2 Å². The van der Waals surface area contributed by atoms with Crippen LogP contribution in [0, 0.1) is 0 Å². The Balaban J connectivity index is 0. The van der Waals surface area contributed by atoms with Crippen LogP contribution in [0.3, 0.4) is 0 Å². The Labute approximate surface area is 253 Å². The molecular weight excluding hydrogens is 766 g/mol. The highest BCUT2D eigenvalue weighted by Crippen LogP contribution is 2.65. The summed E-state index contributed by atoms with van der Waals surface area (Å²) in [6, 6.07) is -6.62. The maximum absolute atomic E-state index is 13.2. The fourth-order valence-corrected chi connectivity index (χ4v) is 7.17. The van der Waals surface area contributed by atoms with Crippen LogP contribution in [0.25, 0.3) is 0 Å². The summed E-state index contributed by atoms with van der Waals surface area (Å²) >= 11 is 12.8. The number of carbonyl (C=O) groups excluding carboxylic acids is 1. The summed E-state index contributed by atoms with van der Waals surface area (Å²) in [5.41, 5.74) is -7.19. The zero-order valence-corrected chi connectivity index (χ0v) is 26.4. The van der Waals surface area contributed by atoms with Crippen molar-refractivity contribution >= 4 is 54.3 Å². The molecule has 0 aromatic rings. The number of aldehydes is 1. The predicted octanol–water partition coefficient (Wildman–Crippen LogP) is 9.20. The minimum absolute atomic E-state index is 0.252. The first-order valence-corrected chi connectivity index (χ1v) is 18.2. The average molecular weight is 788 g/mol. The fourth-order valence-electron chi connectivity index (χ4n) is 2.82. The van der Waals surface area contributed by atoms with Gasteiger partial charge in [-0.15, -0.1) is 33.2 Å². The van der Waals surface area contributed by atoms with Crippen LogP contribution in [0.15, 0.2) is 0 Å². The van der Waals surface area contributed by atoms with Crippen molar-refractivity contribution in [1.82, 2.24) is 0 Å². The van der Waals surface area contributed by atoms with E-state index in [9.17, 15) is 79.4 Å². The van der Waals surface area contributed by atoms with Crippen LogP contribution >= 0.6 is 33.2 Å². The highest BCUT2D eigenvalue weighted by Gasteiger charge is 2.96. The normalized spacial score (nSPS) is 15.9. The summed E-state index contributed by atoms with van der Waals surface area (Å²) in [5.74, 6) is -50.5. The zero-order valence-electron chi connectivity index (χ0n) is 22.2. The van der Waals surface area contributed by atoms with Gasteiger partial charge in [0.2, 0.25) is 0 Å². The van der Waals surface area contributed by atoms with E-state index in [1.54, 1.807) is 0 Å². The Morgan fingerprint density at radius 2 is 0.818 bits per heavy atom. The summed E-state index contributed by atoms with van der Waals surface area (Å²) in [5, 5.41) is 0. The van der Waals surface area contributed by atoms with Gasteiger partial charge in [-0.2, -0.15) is 74.6 Å². The van der Waals surface area contributed by atoms with Crippen molar-refractivity contribution in [2.75, 3.05) is 19.8 Å². The van der Waals surface area contributed by atoms with E-state index in [4.69, 9.17) is 13.3 Å². The third-order valence-corrected chi connectivity index (χ3v) is 11.9. The van der Waals surface area contributed by atoms with Crippen molar-refractivity contribution in [2.45, 2.75) is 86.9 Å². The van der Waals surface area contributed by atoms with Crippen LogP contribution in [0.5, 0.6) is 0 Å². The third-order valence-electron chi connectivity index (χ3n) is 5.17. The van der Waals surface area contributed by atoms with Crippen molar-refractivity contribution in [1.29, 1.82) is 0 Å². The van der Waals surface area contributed by atoms with E-state index < -0.39 is 62.1 Å². The van der Waals surface area contributed by atoms with Gasteiger partial charge in [0.1, 0.15) is 6.29 Å². The van der Waals surface area contributed by atoms with Gasteiger partial charge in [-0.1, -0.05) is 6.92 Å². The molecule has 0 radical (unpaired) electrons. The van der Waals surface area contributed by atoms with E-state index in [2.05, 4.69) is 33.2 Å². The average Bonchev–Trinajstić information content (AvgIpc) is 2.83. The molecule has 0 spiro atoms. The third kappa shape index (κ3) is 7.85. The van der Waals surface area contributed by atoms with Gasteiger partial charge in [-0.3, -0.25) is 0 Å². The second kappa shape index (κ2) is 14.8. The minimum Gasteiger partial charge on any atom is -0.373 e. The summed E-state index contributed by atoms with van der Waals surface area (Å²) < 4.78 is 235. The molecule has 0 aliphatic carbocycles. The lowest BCUT2D eigenvalue weighted by molar-refractivity contribution is -0.458. The molecule has 1 atom stereocenters. The van der Waals surface area contributed by atoms with E-state index in [-0.39, 0.29) is 5.54 Å². The maximum Gasteiger partial charge on any atom is 0.511 e. The van der Waals surface area contributed by atoms with Crippen molar-refractivity contribution in [3.05, 3.63) is 0 Å². The monoisotopic (exact) mass is 786 g/mol. The Bertz CT molecular complexity index is 865.